The van der Waals surface area contributed by atoms with E-state index >= 15 is 0 Å². The second-order valence-electron chi connectivity index (χ2n) is 4.55. The van der Waals surface area contributed by atoms with E-state index in [4.69, 9.17) is 10.8 Å². The van der Waals surface area contributed by atoms with Gasteiger partial charge in [0.2, 0.25) is 0 Å². The van der Waals surface area contributed by atoms with Crippen LogP contribution in [0.3, 0.4) is 0 Å². The molecule has 18 heavy (non-hydrogen) atoms. The minimum Gasteiger partial charge on any atom is -0.478 e. The molecule has 1 aromatic carbocycles. The Morgan fingerprint density at radius 2 is 2.00 bits per heavy atom. The van der Waals surface area contributed by atoms with Gasteiger partial charge in [-0.15, -0.1) is 11.8 Å². The van der Waals surface area contributed by atoms with Crippen LogP contribution in [0.25, 0.3) is 0 Å². The smallest absolute Gasteiger partial charge is 0.337 e. The van der Waals surface area contributed by atoms with Gasteiger partial charge in [-0.25, -0.2) is 4.79 Å². The number of rotatable bonds is 3. The van der Waals surface area contributed by atoms with E-state index in [9.17, 15) is 4.79 Å². The molecule has 1 fully saturated rings. The summed E-state index contributed by atoms with van der Waals surface area (Å²) in [6, 6.07) is 3.37. The number of carboxylic acids is 1. The highest BCUT2D eigenvalue weighted by Gasteiger charge is 2.18. The van der Waals surface area contributed by atoms with Crippen LogP contribution in [-0.4, -0.2) is 16.3 Å². The molecular formula is C13H16BrNO2S. The predicted molar refractivity (Wildman–Crippen MR) is 78.2 cm³/mol. The second kappa shape index (κ2) is 5.97. The number of anilines is 1. The lowest BCUT2D eigenvalue weighted by Gasteiger charge is -2.21. The molecule has 98 valence electrons. The summed E-state index contributed by atoms with van der Waals surface area (Å²) >= 11 is 5.23. The van der Waals surface area contributed by atoms with Crippen molar-refractivity contribution in [3.63, 3.8) is 0 Å². The Hall–Kier alpha value is -0.680. The van der Waals surface area contributed by atoms with Gasteiger partial charge in [0.15, 0.2) is 0 Å². The quantitative estimate of drug-likeness (QED) is 0.817. The molecule has 5 heteroatoms. The number of nitrogens with two attached hydrogens (primary N) is 1. The van der Waals surface area contributed by atoms with E-state index < -0.39 is 5.97 Å². The van der Waals surface area contributed by atoms with E-state index in [0.29, 0.717) is 10.9 Å². The van der Waals surface area contributed by atoms with Gasteiger partial charge in [0, 0.05) is 20.3 Å². The molecule has 1 saturated carbocycles. The summed E-state index contributed by atoms with van der Waals surface area (Å²) in [4.78, 5) is 12.1. The third kappa shape index (κ3) is 3.20. The first-order valence-corrected chi connectivity index (χ1v) is 7.74. The standard InChI is InChI=1S/C13H16BrNO2S/c14-10-7-11(15)9(13(16)17)6-12(10)18-8-4-2-1-3-5-8/h6-8H,1-5,15H2,(H,16,17). The molecule has 1 aliphatic rings. The van der Waals surface area contributed by atoms with Crippen molar-refractivity contribution < 1.29 is 9.90 Å². The minimum atomic E-state index is -0.967. The molecule has 0 spiro atoms. The van der Waals surface area contributed by atoms with Crippen LogP contribution in [-0.2, 0) is 0 Å². The van der Waals surface area contributed by atoms with Gasteiger partial charge in [0.25, 0.3) is 0 Å². The molecule has 0 heterocycles. The van der Waals surface area contributed by atoms with Crippen molar-refractivity contribution in [3.8, 4) is 0 Å². The van der Waals surface area contributed by atoms with Crippen molar-refractivity contribution in [1.82, 2.24) is 0 Å². The number of halogens is 1. The molecule has 3 nitrogen and oxygen atoms in total. The molecule has 2 rings (SSSR count). The van der Waals surface area contributed by atoms with Crippen molar-refractivity contribution in [3.05, 3.63) is 22.2 Å². The van der Waals surface area contributed by atoms with Crippen molar-refractivity contribution in [2.75, 3.05) is 5.73 Å². The Morgan fingerprint density at radius 1 is 1.33 bits per heavy atom. The van der Waals surface area contributed by atoms with Gasteiger partial charge in [-0.2, -0.15) is 0 Å². The van der Waals surface area contributed by atoms with Gasteiger partial charge in [0.1, 0.15) is 0 Å². The zero-order valence-corrected chi connectivity index (χ0v) is 12.4. The number of thioether (sulfide) groups is 1. The van der Waals surface area contributed by atoms with Gasteiger partial charge in [-0.1, -0.05) is 19.3 Å². The largest absolute Gasteiger partial charge is 0.478 e. The molecule has 0 atom stereocenters. The number of benzene rings is 1. The fraction of sp³-hybridized carbons (Fsp3) is 0.462. The molecule has 1 aromatic rings. The lowest BCUT2D eigenvalue weighted by molar-refractivity contribution is 0.0698. The Morgan fingerprint density at radius 3 is 2.61 bits per heavy atom. The summed E-state index contributed by atoms with van der Waals surface area (Å²) in [6.45, 7) is 0. The van der Waals surface area contributed by atoms with Crippen LogP contribution >= 0.6 is 27.7 Å². The van der Waals surface area contributed by atoms with E-state index in [1.54, 1.807) is 23.9 Å². The highest BCUT2D eigenvalue weighted by Crippen LogP contribution is 2.38. The number of carbonyl (C=O) groups is 1. The first-order chi connectivity index (χ1) is 8.58. The Kier molecular flexibility index (Phi) is 4.56. The Balaban J connectivity index is 2.21. The van der Waals surface area contributed by atoms with E-state index in [0.717, 1.165) is 9.37 Å². The summed E-state index contributed by atoms with van der Waals surface area (Å²) in [5.41, 5.74) is 6.20. The molecule has 0 amide bonds. The molecule has 0 radical (unpaired) electrons. The van der Waals surface area contributed by atoms with Crippen molar-refractivity contribution in [2.24, 2.45) is 0 Å². The normalized spacial score (nSPS) is 16.7. The Labute approximate surface area is 119 Å². The Bertz CT molecular complexity index is 459. The average Bonchev–Trinajstić information content (AvgIpc) is 2.33. The summed E-state index contributed by atoms with van der Waals surface area (Å²) in [7, 11) is 0. The van der Waals surface area contributed by atoms with Crippen molar-refractivity contribution in [1.29, 1.82) is 0 Å². The third-order valence-electron chi connectivity index (χ3n) is 3.18. The molecule has 0 unspecified atom stereocenters. The molecule has 3 N–H and O–H groups in total. The maximum atomic E-state index is 11.1. The maximum absolute atomic E-state index is 11.1. The first-order valence-electron chi connectivity index (χ1n) is 6.07. The summed E-state index contributed by atoms with van der Waals surface area (Å²) in [6.07, 6.45) is 6.29. The molecule has 0 aromatic heterocycles. The number of carboxylic acid groups (broad SMARTS) is 1. The number of aromatic carboxylic acids is 1. The van der Waals surface area contributed by atoms with Crippen LogP contribution in [0, 0.1) is 0 Å². The van der Waals surface area contributed by atoms with Crippen molar-refractivity contribution >= 4 is 39.3 Å². The van der Waals surface area contributed by atoms with Gasteiger partial charge in [-0.3, -0.25) is 0 Å². The summed E-state index contributed by atoms with van der Waals surface area (Å²) < 4.78 is 0.889. The van der Waals surface area contributed by atoms with E-state index in [1.807, 2.05) is 0 Å². The highest BCUT2D eigenvalue weighted by atomic mass is 79.9. The van der Waals surface area contributed by atoms with Gasteiger partial charge < -0.3 is 10.8 Å². The molecule has 1 aliphatic carbocycles. The first kappa shape index (κ1) is 13.7. The van der Waals surface area contributed by atoms with Gasteiger partial charge in [0.05, 0.1) is 5.56 Å². The SMILES string of the molecule is Nc1cc(Br)c(SC2CCCCC2)cc1C(=O)O. The molecular weight excluding hydrogens is 314 g/mol. The summed E-state index contributed by atoms with van der Waals surface area (Å²) in [5, 5.41) is 9.68. The molecule has 0 aliphatic heterocycles. The zero-order valence-electron chi connectivity index (χ0n) is 9.99. The lowest BCUT2D eigenvalue weighted by Crippen LogP contribution is -2.08. The average molecular weight is 330 g/mol. The fourth-order valence-electron chi connectivity index (χ4n) is 2.21. The van der Waals surface area contributed by atoms with E-state index in [1.165, 1.54) is 32.1 Å². The molecule has 0 bridgehead atoms. The topological polar surface area (TPSA) is 63.3 Å². The third-order valence-corrected chi connectivity index (χ3v) is 5.50. The fourth-order valence-corrected chi connectivity index (χ4v) is 4.13. The van der Waals surface area contributed by atoms with Crippen LogP contribution in [0.5, 0.6) is 0 Å². The van der Waals surface area contributed by atoms with Gasteiger partial charge >= 0.3 is 5.97 Å². The zero-order chi connectivity index (χ0) is 13.1. The lowest BCUT2D eigenvalue weighted by atomic mass is 10.0. The van der Waals surface area contributed by atoms with Crippen LogP contribution in [0.15, 0.2) is 21.5 Å². The van der Waals surface area contributed by atoms with E-state index in [-0.39, 0.29) is 5.56 Å². The predicted octanol–water partition coefficient (Wildman–Crippen LogP) is 4.15. The van der Waals surface area contributed by atoms with Crippen molar-refractivity contribution in [2.45, 2.75) is 42.2 Å². The monoisotopic (exact) mass is 329 g/mol. The maximum Gasteiger partial charge on any atom is 0.337 e. The van der Waals surface area contributed by atoms with Crippen LogP contribution in [0.1, 0.15) is 42.5 Å². The van der Waals surface area contributed by atoms with E-state index in [2.05, 4.69) is 15.9 Å². The number of hydrogen-bond acceptors (Lipinski definition) is 3. The van der Waals surface area contributed by atoms with Gasteiger partial charge in [-0.05, 0) is 40.9 Å². The minimum absolute atomic E-state index is 0.191. The number of nitrogen functional groups attached to an aromatic ring is 1. The second-order valence-corrected chi connectivity index (χ2v) is 6.75. The van der Waals surface area contributed by atoms with Crippen LogP contribution in [0.2, 0.25) is 0 Å². The molecule has 0 saturated heterocycles. The number of hydrogen-bond donors (Lipinski definition) is 2. The van der Waals surface area contributed by atoms with Crippen LogP contribution < -0.4 is 5.73 Å². The van der Waals surface area contributed by atoms with Crippen LogP contribution in [0.4, 0.5) is 5.69 Å². The summed E-state index contributed by atoms with van der Waals surface area (Å²) in [5.74, 6) is -0.967. The highest BCUT2D eigenvalue weighted by molar-refractivity contribution is 9.10.